The molecule has 0 saturated heterocycles. The van der Waals surface area contributed by atoms with Crippen LogP contribution in [0.4, 0.5) is 4.39 Å². The van der Waals surface area contributed by atoms with E-state index in [-0.39, 0.29) is 24.2 Å². The zero-order chi connectivity index (χ0) is 28.4. The van der Waals surface area contributed by atoms with E-state index in [0.717, 1.165) is 41.7 Å². The van der Waals surface area contributed by atoms with Gasteiger partial charge in [-0.05, 0) is 111 Å². The first-order valence-corrected chi connectivity index (χ1v) is 15.2. The Bertz CT molecular complexity index is 1200. The van der Waals surface area contributed by atoms with Crippen molar-refractivity contribution in [3.05, 3.63) is 75.7 Å². The summed E-state index contributed by atoms with van der Waals surface area (Å²) in [6, 6.07) is 15.0. The molecule has 0 aliphatic heterocycles. The number of aliphatic carboxylic acids is 1. The van der Waals surface area contributed by atoms with E-state index in [1.807, 2.05) is 29.6 Å². The van der Waals surface area contributed by atoms with Crippen LogP contribution in [0.25, 0.3) is 11.1 Å². The van der Waals surface area contributed by atoms with Gasteiger partial charge in [0.15, 0.2) is 0 Å². The van der Waals surface area contributed by atoms with E-state index < -0.39 is 12.1 Å². The van der Waals surface area contributed by atoms with Crippen molar-refractivity contribution in [3.63, 3.8) is 0 Å². The Hall–Kier alpha value is -2.23. The van der Waals surface area contributed by atoms with E-state index in [1.54, 1.807) is 35.4 Å². The molecule has 0 saturated carbocycles. The van der Waals surface area contributed by atoms with Gasteiger partial charge in [0.1, 0.15) is 5.82 Å². The van der Waals surface area contributed by atoms with Crippen LogP contribution in [-0.4, -0.2) is 52.3 Å². The molecule has 0 amide bonds. The number of nitrogens with zero attached hydrogens (tertiary/aromatic N) is 1. The quantitative estimate of drug-likeness (QED) is 0.164. The van der Waals surface area contributed by atoms with Crippen molar-refractivity contribution in [1.29, 1.82) is 0 Å². The molecule has 1 heterocycles. The first-order valence-electron chi connectivity index (χ1n) is 13.5. The molecule has 0 bridgehead atoms. The van der Waals surface area contributed by atoms with Gasteiger partial charge in [-0.3, -0.25) is 4.79 Å². The van der Waals surface area contributed by atoms with Crippen molar-refractivity contribution in [1.82, 2.24) is 9.62 Å². The van der Waals surface area contributed by atoms with Crippen molar-refractivity contribution in [2.45, 2.75) is 75.8 Å². The highest BCUT2D eigenvalue weighted by molar-refractivity contribution is 7.97. The van der Waals surface area contributed by atoms with Crippen LogP contribution in [0.15, 0.2) is 58.8 Å². The lowest BCUT2D eigenvalue weighted by Crippen LogP contribution is -2.45. The monoisotopic (exact) mass is 572 g/mol. The first-order chi connectivity index (χ1) is 18.6. The minimum atomic E-state index is -0.899. The molecule has 3 rings (SSSR count). The number of aliphatic hydroxyl groups excluding tert-OH is 1. The summed E-state index contributed by atoms with van der Waals surface area (Å²) in [6.45, 7) is 7.45. The number of likely N-dealkylation sites (N-methyl/N-ethyl adjacent to an activating group) is 1. The van der Waals surface area contributed by atoms with Crippen LogP contribution < -0.4 is 5.32 Å². The summed E-state index contributed by atoms with van der Waals surface area (Å²) < 4.78 is 16.9. The molecule has 212 valence electrons. The molecule has 1 unspecified atom stereocenters. The van der Waals surface area contributed by atoms with Crippen molar-refractivity contribution in [3.8, 4) is 11.1 Å². The van der Waals surface area contributed by atoms with Gasteiger partial charge in [-0.15, -0.1) is 11.3 Å². The van der Waals surface area contributed by atoms with E-state index in [2.05, 4.69) is 43.6 Å². The molecule has 3 aromatic rings. The van der Waals surface area contributed by atoms with Crippen molar-refractivity contribution >= 4 is 29.3 Å². The summed E-state index contributed by atoms with van der Waals surface area (Å²) >= 11 is 3.37. The number of benzene rings is 2. The number of rotatable bonds is 16. The van der Waals surface area contributed by atoms with Crippen molar-refractivity contribution in [2.24, 2.45) is 0 Å². The number of carbonyl (C=O) groups is 1. The fourth-order valence-corrected chi connectivity index (χ4v) is 6.43. The molecule has 0 aliphatic carbocycles. The number of carboxylic acids is 1. The molecule has 3 N–H and O–H groups in total. The van der Waals surface area contributed by atoms with Crippen molar-refractivity contribution < 1.29 is 19.4 Å². The second-order valence-corrected chi connectivity index (χ2v) is 12.9. The Morgan fingerprint density at radius 1 is 1.15 bits per heavy atom. The Balaban J connectivity index is 1.56. The number of thiophene rings is 1. The van der Waals surface area contributed by atoms with Crippen LogP contribution in [0.1, 0.15) is 56.0 Å². The van der Waals surface area contributed by atoms with Gasteiger partial charge in [0, 0.05) is 40.4 Å². The Labute approximate surface area is 240 Å². The summed E-state index contributed by atoms with van der Waals surface area (Å²) in [6.07, 6.45) is 3.72. The van der Waals surface area contributed by atoms with E-state index in [0.29, 0.717) is 24.2 Å². The molecule has 0 aliphatic rings. The maximum atomic E-state index is 14.8. The van der Waals surface area contributed by atoms with Crippen LogP contribution in [0.3, 0.4) is 0 Å². The highest BCUT2D eigenvalue weighted by Crippen LogP contribution is 2.33. The molecule has 5 nitrogen and oxygen atoms in total. The SMILES string of the molecule is CCc1cc(-c2c(F)cccc2CCC(=O)O)ccc1SN(C)CC(O)CNC(C)(C)CCCc1cccs1. The molecule has 0 radical (unpaired) electrons. The second-order valence-electron chi connectivity index (χ2n) is 10.6. The third-order valence-corrected chi connectivity index (χ3v) is 8.77. The zero-order valence-electron chi connectivity index (χ0n) is 23.4. The number of β-amino-alcohol motifs (C(OH)–C–C–N with tert-alkyl or cyclic N) is 1. The Morgan fingerprint density at radius 2 is 1.95 bits per heavy atom. The molecule has 1 atom stereocenters. The Morgan fingerprint density at radius 3 is 2.64 bits per heavy atom. The van der Waals surface area contributed by atoms with Gasteiger partial charge in [0.25, 0.3) is 0 Å². The van der Waals surface area contributed by atoms with E-state index in [1.165, 1.54) is 10.9 Å². The number of hydrogen-bond acceptors (Lipinski definition) is 6. The molecule has 2 aromatic carbocycles. The summed E-state index contributed by atoms with van der Waals surface area (Å²) in [5.41, 5.74) is 2.95. The number of aliphatic hydroxyl groups is 1. The minimum Gasteiger partial charge on any atom is -0.481 e. The largest absolute Gasteiger partial charge is 0.481 e. The fraction of sp³-hybridized carbons (Fsp3) is 0.452. The van der Waals surface area contributed by atoms with Gasteiger partial charge < -0.3 is 15.5 Å². The molecule has 39 heavy (non-hydrogen) atoms. The van der Waals surface area contributed by atoms with Crippen LogP contribution in [0.5, 0.6) is 0 Å². The zero-order valence-corrected chi connectivity index (χ0v) is 25.0. The predicted molar refractivity (Wildman–Crippen MR) is 161 cm³/mol. The van der Waals surface area contributed by atoms with Crippen LogP contribution in [-0.2, 0) is 24.1 Å². The number of nitrogens with one attached hydrogen (secondary N) is 1. The van der Waals surface area contributed by atoms with E-state index in [9.17, 15) is 14.3 Å². The van der Waals surface area contributed by atoms with Gasteiger partial charge in [-0.25, -0.2) is 8.70 Å². The minimum absolute atomic E-state index is 0.0423. The van der Waals surface area contributed by atoms with Gasteiger partial charge >= 0.3 is 5.97 Å². The average molecular weight is 573 g/mol. The van der Waals surface area contributed by atoms with Crippen LogP contribution in [0, 0.1) is 5.82 Å². The lowest BCUT2D eigenvalue weighted by atomic mass is 9.94. The van der Waals surface area contributed by atoms with Gasteiger partial charge in [-0.2, -0.15) is 0 Å². The molecular formula is C31H41FN2O3S2. The summed E-state index contributed by atoms with van der Waals surface area (Å²) in [4.78, 5) is 13.5. The normalized spacial score (nSPS) is 12.7. The van der Waals surface area contributed by atoms with Crippen LogP contribution in [0.2, 0.25) is 0 Å². The van der Waals surface area contributed by atoms with Crippen molar-refractivity contribution in [2.75, 3.05) is 20.1 Å². The lowest BCUT2D eigenvalue weighted by Gasteiger charge is -2.29. The third kappa shape index (κ3) is 10.0. The van der Waals surface area contributed by atoms with E-state index in [4.69, 9.17) is 5.11 Å². The van der Waals surface area contributed by atoms with Crippen LogP contribution >= 0.6 is 23.3 Å². The topological polar surface area (TPSA) is 72.8 Å². The molecular weight excluding hydrogens is 531 g/mol. The maximum absolute atomic E-state index is 14.8. The van der Waals surface area contributed by atoms with Gasteiger partial charge in [0.2, 0.25) is 0 Å². The number of hydrogen-bond donors (Lipinski definition) is 3. The fourth-order valence-electron chi connectivity index (χ4n) is 4.65. The Kier molecular flexibility index (Phi) is 12.0. The summed E-state index contributed by atoms with van der Waals surface area (Å²) in [5.74, 6) is -1.24. The molecule has 0 spiro atoms. The lowest BCUT2D eigenvalue weighted by molar-refractivity contribution is -0.136. The predicted octanol–water partition coefficient (Wildman–Crippen LogP) is 6.82. The summed E-state index contributed by atoms with van der Waals surface area (Å²) in [5, 5.41) is 25.4. The summed E-state index contributed by atoms with van der Waals surface area (Å²) in [7, 11) is 1.97. The maximum Gasteiger partial charge on any atom is 0.303 e. The highest BCUT2D eigenvalue weighted by atomic mass is 32.2. The standard InChI is InChI=1S/C31H41FN2O3S2/c1-5-22-19-24(30-23(14-16-29(36)37)9-6-12-27(30)32)13-15-28(22)39-34(4)21-25(35)20-33-31(2,3)17-7-10-26-11-8-18-38-26/h6,8-9,11-13,15,18-19,25,33,35H,5,7,10,14,16-17,20-21H2,1-4H3,(H,36,37). The molecule has 8 heteroatoms. The highest BCUT2D eigenvalue weighted by Gasteiger charge is 2.20. The second kappa shape index (κ2) is 15.0. The van der Waals surface area contributed by atoms with Gasteiger partial charge in [0.05, 0.1) is 6.10 Å². The molecule has 0 fully saturated rings. The number of carboxylic acid groups (broad SMARTS) is 1. The molecule has 1 aromatic heterocycles. The smallest absolute Gasteiger partial charge is 0.303 e. The first kappa shape index (κ1) is 31.3. The van der Waals surface area contributed by atoms with Gasteiger partial charge in [-0.1, -0.05) is 31.2 Å². The average Bonchev–Trinajstić information content (AvgIpc) is 3.40. The third-order valence-electron chi connectivity index (χ3n) is 6.78. The van der Waals surface area contributed by atoms with E-state index >= 15 is 0 Å². The number of aryl methyl sites for hydroxylation is 3. The number of halogens is 1.